The van der Waals surface area contributed by atoms with Crippen LogP contribution in [0.5, 0.6) is 0 Å². The third-order valence-corrected chi connectivity index (χ3v) is 4.31. The summed E-state index contributed by atoms with van der Waals surface area (Å²) in [7, 11) is 0. The zero-order chi connectivity index (χ0) is 16.0. The number of aromatic nitrogens is 2. The van der Waals surface area contributed by atoms with E-state index in [1.165, 1.54) is 10.6 Å². The van der Waals surface area contributed by atoms with Crippen molar-refractivity contribution in [3.8, 4) is 0 Å². The number of hydroxylamine groups is 2. The number of fused-ring (bicyclic) bond motifs is 2. The lowest BCUT2D eigenvalue weighted by molar-refractivity contribution is -0.0534. The molecule has 3 aliphatic heterocycles. The Bertz CT molecular complexity index is 730. The van der Waals surface area contributed by atoms with Gasteiger partial charge < -0.3 is 14.4 Å². The van der Waals surface area contributed by atoms with Crippen molar-refractivity contribution < 1.29 is 5.21 Å². The van der Waals surface area contributed by atoms with Crippen LogP contribution in [0.1, 0.15) is 26.3 Å². The molecule has 7 heteroatoms. The minimum Gasteiger partial charge on any atom is -0.333 e. The van der Waals surface area contributed by atoms with Gasteiger partial charge in [-0.25, -0.2) is 10.0 Å². The molecule has 3 aliphatic rings. The van der Waals surface area contributed by atoms with E-state index < -0.39 is 0 Å². The molecule has 0 radical (unpaired) electrons. The molecular formula is C16H20N6O. The van der Waals surface area contributed by atoms with Crippen molar-refractivity contribution in [1.82, 2.24) is 24.4 Å². The van der Waals surface area contributed by atoms with Crippen LogP contribution in [-0.4, -0.2) is 49.0 Å². The summed E-state index contributed by atoms with van der Waals surface area (Å²) in [5, 5.41) is 11.0. The van der Waals surface area contributed by atoms with Crippen LogP contribution in [0, 0.1) is 0 Å². The minimum absolute atomic E-state index is 0.0335. The molecule has 0 saturated carbocycles. The third kappa shape index (κ3) is 2.16. The van der Waals surface area contributed by atoms with Gasteiger partial charge in [-0.2, -0.15) is 0 Å². The van der Waals surface area contributed by atoms with E-state index in [2.05, 4.69) is 39.4 Å². The zero-order valence-electron chi connectivity index (χ0n) is 13.3. The highest BCUT2D eigenvalue weighted by Crippen LogP contribution is 2.40. The highest BCUT2D eigenvalue weighted by atomic mass is 16.5. The van der Waals surface area contributed by atoms with E-state index in [-0.39, 0.29) is 6.04 Å². The van der Waals surface area contributed by atoms with Gasteiger partial charge in [0.1, 0.15) is 24.2 Å². The molecule has 4 heterocycles. The summed E-state index contributed by atoms with van der Waals surface area (Å²) in [6.45, 7) is 5.62. The maximum Gasteiger partial charge on any atom is 0.139 e. The molecule has 0 aliphatic carbocycles. The molecule has 120 valence electrons. The number of rotatable bonds is 3. The first-order valence-corrected chi connectivity index (χ1v) is 7.84. The summed E-state index contributed by atoms with van der Waals surface area (Å²) >= 11 is 0. The summed E-state index contributed by atoms with van der Waals surface area (Å²) in [6, 6.07) is 0.0335. The van der Waals surface area contributed by atoms with Crippen molar-refractivity contribution in [2.24, 2.45) is 4.99 Å². The maximum atomic E-state index is 9.85. The fraction of sp³-hybridized carbons (Fsp3) is 0.375. The predicted molar refractivity (Wildman–Crippen MR) is 86.0 cm³/mol. The largest absolute Gasteiger partial charge is 0.333 e. The Balaban J connectivity index is 1.83. The van der Waals surface area contributed by atoms with Gasteiger partial charge >= 0.3 is 0 Å². The Labute approximate surface area is 135 Å². The Kier molecular flexibility index (Phi) is 3.23. The average Bonchev–Trinajstić information content (AvgIpc) is 3.15. The molecule has 0 aromatic carbocycles. The van der Waals surface area contributed by atoms with Gasteiger partial charge in [-0.15, -0.1) is 0 Å². The predicted octanol–water partition coefficient (Wildman–Crippen LogP) is 2.11. The lowest BCUT2D eigenvalue weighted by Crippen LogP contribution is -2.40. The fourth-order valence-electron chi connectivity index (χ4n) is 3.41. The molecule has 7 nitrogen and oxygen atoms in total. The number of hydrogen-bond acceptors (Lipinski definition) is 6. The number of aliphatic imine (C=N–C) groups is 1. The minimum atomic E-state index is 0.0335. The Morgan fingerprint density at radius 1 is 1.35 bits per heavy atom. The van der Waals surface area contributed by atoms with Crippen molar-refractivity contribution in [3.05, 3.63) is 53.9 Å². The molecule has 0 amide bonds. The summed E-state index contributed by atoms with van der Waals surface area (Å²) in [5.41, 5.74) is 3.12. The lowest BCUT2D eigenvalue weighted by Gasteiger charge is -2.40. The molecule has 1 aromatic rings. The molecule has 0 fully saturated rings. The number of hydrogen-bond donors (Lipinski definition) is 1. The second kappa shape index (κ2) is 5.27. The first-order chi connectivity index (χ1) is 11.2. The monoisotopic (exact) mass is 312 g/mol. The van der Waals surface area contributed by atoms with Crippen LogP contribution in [0.25, 0.3) is 0 Å². The second-order valence-corrected chi connectivity index (χ2v) is 6.01. The molecule has 1 unspecified atom stereocenters. The summed E-state index contributed by atoms with van der Waals surface area (Å²) in [5.74, 6) is 1.04. The van der Waals surface area contributed by atoms with Crippen molar-refractivity contribution in [1.29, 1.82) is 0 Å². The van der Waals surface area contributed by atoms with E-state index in [0.29, 0.717) is 6.67 Å². The van der Waals surface area contributed by atoms with Crippen LogP contribution < -0.4 is 0 Å². The fourth-order valence-corrected chi connectivity index (χ4v) is 3.41. The lowest BCUT2D eigenvalue weighted by atomic mass is 10.0. The van der Waals surface area contributed by atoms with E-state index in [0.717, 1.165) is 30.2 Å². The van der Waals surface area contributed by atoms with Gasteiger partial charge in [-0.05, 0) is 18.9 Å². The van der Waals surface area contributed by atoms with Crippen molar-refractivity contribution in [2.75, 3.05) is 13.2 Å². The van der Waals surface area contributed by atoms with Crippen LogP contribution in [0.3, 0.4) is 0 Å². The second-order valence-electron chi connectivity index (χ2n) is 6.01. The quantitative estimate of drug-likeness (QED) is 0.926. The molecule has 1 atom stereocenters. The van der Waals surface area contributed by atoms with E-state index in [4.69, 9.17) is 4.99 Å². The molecule has 0 spiro atoms. The Morgan fingerprint density at radius 3 is 2.96 bits per heavy atom. The van der Waals surface area contributed by atoms with Gasteiger partial charge in [0.05, 0.1) is 24.4 Å². The third-order valence-electron chi connectivity index (χ3n) is 4.31. The van der Waals surface area contributed by atoms with Crippen LogP contribution in [0.15, 0.2) is 58.9 Å². The molecule has 4 rings (SSSR count). The Hall–Kier alpha value is -2.54. The van der Waals surface area contributed by atoms with Gasteiger partial charge in [0.25, 0.3) is 0 Å². The summed E-state index contributed by atoms with van der Waals surface area (Å²) < 4.78 is 2.07. The topological polar surface area (TPSA) is 60.1 Å². The number of imidazole rings is 1. The zero-order valence-corrected chi connectivity index (χ0v) is 13.3. The molecule has 23 heavy (non-hydrogen) atoms. The van der Waals surface area contributed by atoms with Crippen molar-refractivity contribution in [2.45, 2.75) is 26.3 Å². The highest BCUT2D eigenvalue weighted by molar-refractivity contribution is 5.81. The van der Waals surface area contributed by atoms with Crippen LogP contribution in [0.4, 0.5) is 0 Å². The first kappa shape index (κ1) is 14.1. The van der Waals surface area contributed by atoms with E-state index in [1.807, 2.05) is 18.7 Å². The van der Waals surface area contributed by atoms with Crippen LogP contribution in [0.2, 0.25) is 0 Å². The Morgan fingerprint density at radius 2 is 2.22 bits per heavy atom. The summed E-state index contributed by atoms with van der Waals surface area (Å²) in [4.78, 5) is 13.2. The van der Waals surface area contributed by atoms with E-state index in [9.17, 15) is 5.21 Å². The van der Waals surface area contributed by atoms with Crippen molar-refractivity contribution >= 4 is 6.21 Å². The first-order valence-electron chi connectivity index (χ1n) is 7.84. The van der Waals surface area contributed by atoms with E-state index in [1.54, 1.807) is 12.4 Å². The molecule has 0 saturated heterocycles. The molecular weight excluding hydrogens is 292 g/mol. The van der Waals surface area contributed by atoms with Gasteiger partial charge in [0, 0.05) is 25.1 Å². The van der Waals surface area contributed by atoms with Gasteiger partial charge in [0.15, 0.2) is 0 Å². The highest BCUT2D eigenvalue weighted by Gasteiger charge is 2.37. The van der Waals surface area contributed by atoms with Gasteiger partial charge in [-0.1, -0.05) is 6.92 Å². The maximum absolute atomic E-state index is 9.85. The standard InChI is InChI=1S/C16H20N6O/c1-3-5-19-8-12(2)15(20-6-4-17-10-20)14-16(19)22-11-21(23)9-13(22)7-18-14/h4,6-10,15,23H,3,5,11H2,1-2H3. The van der Waals surface area contributed by atoms with Crippen LogP contribution >= 0.6 is 0 Å². The van der Waals surface area contributed by atoms with Gasteiger partial charge in [0.2, 0.25) is 0 Å². The molecule has 1 N–H and O–H groups in total. The molecule has 0 bridgehead atoms. The molecule has 1 aromatic heterocycles. The summed E-state index contributed by atoms with van der Waals surface area (Å²) in [6.07, 6.45) is 12.3. The van der Waals surface area contributed by atoms with Crippen LogP contribution in [-0.2, 0) is 0 Å². The van der Waals surface area contributed by atoms with Crippen molar-refractivity contribution in [3.63, 3.8) is 0 Å². The number of allylic oxidation sites excluding steroid dienone is 2. The van der Waals surface area contributed by atoms with Gasteiger partial charge in [-0.3, -0.25) is 10.2 Å². The SMILES string of the molecule is CCCN1C=C(C)C(n2ccnc2)C2=C1N1CN(O)C=C1C=N2. The number of nitrogens with zero attached hydrogens (tertiary/aromatic N) is 6. The average molecular weight is 312 g/mol. The van der Waals surface area contributed by atoms with E-state index >= 15 is 0 Å². The smallest absolute Gasteiger partial charge is 0.139 e. The normalized spacial score (nSPS) is 23.1.